The van der Waals surface area contributed by atoms with Gasteiger partial charge in [0.05, 0.1) is 12.7 Å². The van der Waals surface area contributed by atoms with Gasteiger partial charge in [0.25, 0.3) is 0 Å². The van der Waals surface area contributed by atoms with Crippen LogP contribution in [0.5, 0.6) is 23.0 Å². The van der Waals surface area contributed by atoms with Crippen LogP contribution in [0.15, 0.2) is 42.5 Å². The van der Waals surface area contributed by atoms with Gasteiger partial charge in [0.2, 0.25) is 6.29 Å². The summed E-state index contributed by atoms with van der Waals surface area (Å²) in [7, 11) is 0. The highest BCUT2D eigenvalue weighted by Gasteiger charge is 2.51. The van der Waals surface area contributed by atoms with Crippen molar-refractivity contribution < 1.29 is 74.4 Å². The molecule has 2 fully saturated rings. The van der Waals surface area contributed by atoms with Gasteiger partial charge in [-0.05, 0) is 54.8 Å². The van der Waals surface area contributed by atoms with Gasteiger partial charge in [0.15, 0.2) is 35.6 Å². The van der Waals surface area contributed by atoms with Crippen LogP contribution >= 0.6 is 0 Å². The third-order valence-corrected chi connectivity index (χ3v) is 6.96. The zero-order valence-electron chi connectivity index (χ0n) is 22.8. The molecule has 2 saturated heterocycles. The van der Waals surface area contributed by atoms with Crippen molar-refractivity contribution in [2.24, 2.45) is 0 Å². The van der Waals surface area contributed by atoms with Crippen molar-refractivity contribution in [2.75, 3.05) is 6.61 Å². The zero-order chi connectivity index (χ0) is 31.4. The van der Waals surface area contributed by atoms with Gasteiger partial charge in [-0.3, -0.25) is 0 Å². The first-order valence-corrected chi connectivity index (χ1v) is 13.3. The molecule has 0 saturated carbocycles. The number of aliphatic hydroxyl groups excluding tert-OH is 5. The van der Waals surface area contributed by atoms with Crippen LogP contribution in [0.3, 0.4) is 0 Å². The monoisotopic (exact) mass is 610 g/mol. The zero-order valence-corrected chi connectivity index (χ0v) is 22.8. The lowest BCUT2D eigenvalue weighted by Crippen LogP contribution is -2.64. The van der Waals surface area contributed by atoms with Crippen molar-refractivity contribution in [1.82, 2.24) is 0 Å². The summed E-state index contributed by atoms with van der Waals surface area (Å²) in [6.07, 6.45) is -13.8. The molecule has 2 aliphatic heterocycles. The van der Waals surface area contributed by atoms with Crippen LogP contribution in [0.2, 0.25) is 0 Å². The fraction of sp³-hybridized carbons (Fsp3) is 0.464. The molecule has 10 atom stereocenters. The van der Waals surface area contributed by atoms with E-state index in [2.05, 4.69) is 0 Å². The number of rotatable bonds is 9. The average Bonchev–Trinajstić information content (AvgIpc) is 2.97. The average molecular weight is 611 g/mol. The molecule has 15 heteroatoms. The van der Waals surface area contributed by atoms with E-state index < -0.39 is 73.3 Å². The summed E-state index contributed by atoms with van der Waals surface area (Å²) in [5.74, 6) is -2.47. The Kier molecular flexibility index (Phi) is 10.4. The molecule has 0 spiro atoms. The number of aliphatic hydroxyl groups is 5. The Hall–Kier alpha value is -3.51. The molecule has 0 aromatic heterocycles. The van der Waals surface area contributed by atoms with Gasteiger partial charge in [-0.2, -0.15) is 0 Å². The van der Waals surface area contributed by atoms with Gasteiger partial charge in [0.1, 0.15) is 36.6 Å². The first-order chi connectivity index (χ1) is 20.3. The summed E-state index contributed by atoms with van der Waals surface area (Å²) in [5, 5.41) is 90.7. The van der Waals surface area contributed by atoms with Crippen molar-refractivity contribution in [2.45, 2.75) is 74.9 Å². The molecular formula is C28H34O15. The maximum Gasteiger partial charge on any atom is 0.333 e. The summed E-state index contributed by atoms with van der Waals surface area (Å²) in [4.78, 5) is 12.6. The second kappa shape index (κ2) is 13.9. The Morgan fingerprint density at radius 3 is 2.09 bits per heavy atom. The number of ether oxygens (including phenoxy) is 5. The standard InChI is InChI=1S/C28H34O15/c1-12-20(34)21(35)22(36)27(40-12)42-25-23(37)26(39-9-8-14-3-6-16(30)18(32)11-14)43-28(24(25)38)41-19(33)7-4-13-2-5-15(29)17(31)10-13/h2-7,10-12,20-32,34-38H,8-9H2,1H3/b7-4+/t12?,20-,21?,22?,23?,24?,25+,26+,27?,28?/m0/s1. The maximum absolute atomic E-state index is 12.6. The van der Waals surface area contributed by atoms with E-state index >= 15 is 0 Å². The SMILES string of the molecule is CC1OC(O[C@H]2C(O)C(OC(=O)/C=C/c3ccc(O)c(O)c3)O[C@@H](OCCc3ccc(O)c(O)c3)C2O)C(O)C(O)[C@H]1O. The lowest BCUT2D eigenvalue weighted by atomic mass is 9.99. The van der Waals surface area contributed by atoms with Crippen LogP contribution in [0.25, 0.3) is 6.08 Å². The number of phenols is 4. The van der Waals surface area contributed by atoms with Crippen LogP contribution in [-0.2, 0) is 34.9 Å². The predicted octanol–water partition coefficient (Wildman–Crippen LogP) is -1.06. The number of hydrogen-bond acceptors (Lipinski definition) is 15. The predicted molar refractivity (Wildman–Crippen MR) is 142 cm³/mol. The minimum Gasteiger partial charge on any atom is -0.504 e. The lowest BCUT2D eigenvalue weighted by molar-refractivity contribution is -0.377. The molecule has 2 heterocycles. The van der Waals surface area contributed by atoms with E-state index in [1.54, 1.807) is 0 Å². The Morgan fingerprint density at radius 1 is 0.767 bits per heavy atom. The van der Waals surface area contributed by atoms with E-state index in [1.807, 2.05) is 0 Å². The molecule has 0 aliphatic carbocycles. The number of aromatic hydroxyl groups is 4. The van der Waals surface area contributed by atoms with E-state index in [9.17, 15) is 50.8 Å². The van der Waals surface area contributed by atoms with Crippen LogP contribution in [0.1, 0.15) is 18.1 Å². The molecule has 9 N–H and O–H groups in total. The van der Waals surface area contributed by atoms with E-state index in [0.29, 0.717) is 11.1 Å². The quantitative estimate of drug-likeness (QED) is 0.0933. The first kappa shape index (κ1) is 32.4. The third-order valence-electron chi connectivity index (χ3n) is 6.96. The summed E-state index contributed by atoms with van der Waals surface area (Å²) in [6, 6.07) is 7.91. The highest BCUT2D eigenvalue weighted by molar-refractivity contribution is 5.87. The molecule has 0 amide bonds. The van der Waals surface area contributed by atoms with Crippen molar-refractivity contribution in [3.8, 4) is 23.0 Å². The van der Waals surface area contributed by atoms with Gasteiger partial charge in [-0.25, -0.2) is 4.79 Å². The van der Waals surface area contributed by atoms with Gasteiger partial charge < -0.3 is 69.6 Å². The highest BCUT2D eigenvalue weighted by Crippen LogP contribution is 2.31. The molecule has 0 radical (unpaired) electrons. The Labute approximate surface area is 245 Å². The van der Waals surface area contributed by atoms with Crippen molar-refractivity contribution in [3.05, 3.63) is 53.6 Å². The number of carbonyl (C=O) groups excluding carboxylic acids is 1. The van der Waals surface area contributed by atoms with Crippen molar-refractivity contribution >= 4 is 12.0 Å². The lowest BCUT2D eigenvalue weighted by Gasteiger charge is -2.45. The normalized spacial score (nSPS) is 33.0. The number of phenolic OH excluding ortho intramolecular Hbond substituents is 4. The fourth-order valence-electron chi connectivity index (χ4n) is 4.46. The van der Waals surface area contributed by atoms with Crippen LogP contribution < -0.4 is 0 Å². The molecule has 2 aromatic rings. The van der Waals surface area contributed by atoms with E-state index in [1.165, 1.54) is 49.4 Å². The molecule has 15 nitrogen and oxygen atoms in total. The largest absolute Gasteiger partial charge is 0.504 e. The van der Waals surface area contributed by atoms with Gasteiger partial charge in [-0.15, -0.1) is 0 Å². The van der Waals surface area contributed by atoms with Crippen LogP contribution in [0.4, 0.5) is 0 Å². The number of esters is 1. The maximum atomic E-state index is 12.6. The number of carbonyl (C=O) groups is 1. The molecule has 236 valence electrons. The first-order valence-electron chi connectivity index (χ1n) is 13.3. The van der Waals surface area contributed by atoms with Crippen molar-refractivity contribution in [1.29, 1.82) is 0 Å². The van der Waals surface area contributed by atoms with Gasteiger partial charge >= 0.3 is 5.97 Å². The summed E-state index contributed by atoms with van der Waals surface area (Å²) >= 11 is 0. The molecule has 2 aromatic carbocycles. The molecule has 2 aliphatic rings. The second-order valence-corrected chi connectivity index (χ2v) is 10.1. The van der Waals surface area contributed by atoms with Crippen molar-refractivity contribution in [3.63, 3.8) is 0 Å². The molecule has 0 bridgehead atoms. The topological polar surface area (TPSA) is 245 Å². The minimum absolute atomic E-state index is 0.121. The number of hydrogen-bond donors (Lipinski definition) is 9. The van der Waals surface area contributed by atoms with E-state index in [4.69, 9.17) is 23.7 Å². The summed E-state index contributed by atoms with van der Waals surface area (Å²) in [6.45, 7) is 1.29. The Morgan fingerprint density at radius 2 is 1.42 bits per heavy atom. The summed E-state index contributed by atoms with van der Waals surface area (Å²) in [5.41, 5.74) is 0.885. The Balaban J connectivity index is 1.48. The van der Waals surface area contributed by atoms with Gasteiger partial charge in [0, 0.05) is 6.08 Å². The van der Waals surface area contributed by atoms with E-state index in [-0.39, 0.29) is 30.3 Å². The third kappa shape index (κ3) is 7.72. The Bertz CT molecular complexity index is 1280. The minimum atomic E-state index is -1.87. The van der Waals surface area contributed by atoms with E-state index in [0.717, 1.165) is 6.08 Å². The smallest absolute Gasteiger partial charge is 0.333 e. The highest BCUT2D eigenvalue weighted by atomic mass is 16.8. The fourth-order valence-corrected chi connectivity index (χ4v) is 4.46. The summed E-state index contributed by atoms with van der Waals surface area (Å²) < 4.78 is 27.4. The molecular weight excluding hydrogens is 576 g/mol. The van der Waals surface area contributed by atoms with Crippen LogP contribution in [-0.4, -0.2) is 120 Å². The molecule has 7 unspecified atom stereocenters. The molecule has 43 heavy (non-hydrogen) atoms. The van der Waals surface area contributed by atoms with Crippen LogP contribution in [0, 0.1) is 0 Å². The number of benzene rings is 2. The second-order valence-electron chi connectivity index (χ2n) is 10.1. The molecule has 4 rings (SSSR count). The van der Waals surface area contributed by atoms with Gasteiger partial charge in [-0.1, -0.05) is 12.1 Å².